The van der Waals surface area contributed by atoms with E-state index in [1.54, 1.807) is 0 Å². The highest BCUT2D eigenvalue weighted by molar-refractivity contribution is 7.89. The molecule has 0 fully saturated rings. The summed E-state index contributed by atoms with van der Waals surface area (Å²) in [4.78, 5) is 8.88. The van der Waals surface area contributed by atoms with Crippen LogP contribution in [0.5, 0.6) is 0 Å². The molecule has 0 spiro atoms. The topological polar surface area (TPSA) is 103 Å². The normalized spacial score (nSPS) is 11.4. The summed E-state index contributed by atoms with van der Waals surface area (Å²) in [6, 6.07) is 1.37. The molecule has 0 bridgehead atoms. The molecule has 0 aliphatic heterocycles. The first-order chi connectivity index (χ1) is 6.73. The molecule has 0 radical (unpaired) electrons. The Kier molecular flexibility index (Phi) is 2.73. The van der Waals surface area contributed by atoms with Crippen molar-refractivity contribution in [3.05, 3.63) is 33.6 Å². The molecule has 0 saturated carbocycles. The highest BCUT2D eigenvalue weighted by atomic mass is 32.2. The molecule has 1 aromatic carbocycles. The van der Waals surface area contributed by atoms with E-state index in [1.165, 1.54) is 6.92 Å². The van der Waals surface area contributed by atoms with Crippen molar-refractivity contribution in [1.29, 1.82) is 0 Å². The third kappa shape index (κ3) is 2.28. The van der Waals surface area contributed by atoms with Crippen molar-refractivity contribution in [2.45, 2.75) is 11.8 Å². The van der Waals surface area contributed by atoms with Crippen molar-refractivity contribution in [2.24, 2.45) is 5.14 Å². The lowest BCUT2D eigenvalue weighted by Gasteiger charge is -2.03. The second-order valence-corrected chi connectivity index (χ2v) is 4.38. The average Bonchev–Trinajstić information content (AvgIpc) is 2.06. The molecule has 6 nitrogen and oxygen atoms in total. The van der Waals surface area contributed by atoms with Crippen LogP contribution in [0.4, 0.5) is 10.1 Å². The number of nitrogens with zero attached hydrogens (tertiary/aromatic N) is 1. The Morgan fingerprint density at radius 3 is 2.40 bits per heavy atom. The van der Waals surface area contributed by atoms with Crippen LogP contribution in [-0.2, 0) is 10.0 Å². The zero-order valence-corrected chi connectivity index (χ0v) is 8.41. The predicted molar refractivity (Wildman–Crippen MR) is 49.2 cm³/mol. The summed E-state index contributed by atoms with van der Waals surface area (Å²) >= 11 is 0. The van der Waals surface area contributed by atoms with Crippen LogP contribution in [0.15, 0.2) is 17.0 Å². The second-order valence-electron chi connectivity index (χ2n) is 2.85. The van der Waals surface area contributed by atoms with E-state index in [2.05, 4.69) is 0 Å². The van der Waals surface area contributed by atoms with Gasteiger partial charge in [0.05, 0.1) is 15.9 Å². The maximum Gasteiger partial charge on any atom is 0.273 e. The highest BCUT2D eigenvalue weighted by Crippen LogP contribution is 2.23. The fourth-order valence-corrected chi connectivity index (χ4v) is 1.85. The van der Waals surface area contributed by atoms with E-state index >= 15 is 0 Å². The second kappa shape index (κ2) is 3.55. The number of nitro benzene ring substituents is 1. The number of nitro groups is 1. The Balaban J connectivity index is 3.59. The SMILES string of the molecule is Cc1c(F)cc([N+](=O)[O-])cc1S(N)(=O)=O. The lowest BCUT2D eigenvalue weighted by molar-refractivity contribution is -0.385. The van der Waals surface area contributed by atoms with Gasteiger partial charge in [-0.15, -0.1) is 0 Å². The number of hydrogen-bond donors (Lipinski definition) is 1. The number of nitrogens with two attached hydrogens (primary N) is 1. The third-order valence-corrected chi connectivity index (χ3v) is 2.84. The van der Waals surface area contributed by atoms with Gasteiger partial charge < -0.3 is 0 Å². The third-order valence-electron chi connectivity index (χ3n) is 1.80. The van der Waals surface area contributed by atoms with Gasteiger partial charge >= 0.3 is 0 Å². The molecule has 0 heterocycles. The fourth-order valence-electron chi connectivity index (χ4n) is 1.04. The molecule has 2 N–H and O–H groups in total. The van der Waals surface area contributed by atoms with Gasteiger partial charge in [0, 0.05) is 11.6 Å². The molecule has 0 atom stereocenters. The molecule has 0 saturated heterocycles. The van der Waals surface area contributed by atoms with Crippen molar-refractivity contribution in [2.75, 3.05) is 0 Å². The Morgan fingerprint density at radius 2 is 2.00 bits per heavy atom. The largest absolute Gasteiger partial charge is 0.273 e. The van der Waals surface area contributed by atoms with Gasteiger partial charge in [0.1, 0.15) is 5.82 Å². The number of hydrogen-bond acceptors (Lipinski definition) is 4. The quantitative estimate of drug-likeness (QED) is 0.600. The van der Waals surface area contributed by atoms with Crippen LogP contribution in [-0.4, -0.2) is 13.3 Å². The lowest BCUT2D eigenvalue weighted by atomic mass is 10.2. The van der Waals surface area contributed by atoms with E-state index in [4.69, 9.17) is 5.14 Å². The van der Waals surface area contributed by atoms with Crippen LogP contribution in [0.1, 0.15) is 5.56 Å². The molecule has 15 heavy (non-hydrogen) atoms. The standard InChI is InChI=1S/C7H7FN2O4S/c1-4-6(8)2-5(10(11)12)3-7(4)15(9,13)14/h2-3H,1H3,(H2,9,13,14). The smallest absolute Gasteiger partial charge is 0.258 e. The maximum atomic E-state index is 13.1. The summed E-state index contributed by atoms with van der Waals surface area (Å²) in [5.41, 5.74) is -0.884. The summed E-state index contributed by atoms with van der Waals surface area (Å²) < 4.78 is 35.0. The Morgan fingerprint density at radius 1 is 1.47 bits per heavy atom. The van der Waals surface area contributed by atoms with Crippen molar-refractivity contribution in [1.82, 2.24) is 0 Å². The minimum atomic E-state index is -4.16. The van der Waals surface area contributed by atoms with Crippen molar-refractivity contribution in [3.8, 4) is 0 Å². The molecule has 0 aliphatic rings. The molecule has 1 rings (SSSR count). The number of non-ortho nitro benzene ring substituents is 1. The number of sulfonamides is 1. The van der Waals surface area contributed by atoms with Gasteiger partial charge in [-0.05, 0) is 6.92 Å². The predicted octanol–water partition coefficient (Wildman–Crippen LogP) is 0.690. The lowest BCUT2D eigenvalue weighted by Crippen LogP contribution is -2.14. The van der Waals surface area contributed by atoms with Crippen LogP contribution in [0.25, 0.3) is 0 Å². The monoisotopic (exact) mass is 234 g/mol. The molecule has 82 valence electrons. The summed E-state index contributed by atoms with van der Waals surface area (Å²) in [5.74, 6) is -0.978. The first-order valence-electron chi connectivity index (χ1n) is 3.71. The van der Waals surface area contributed by atoms with Crippen molar-refractivity contribution in [3.63, 3.8) is 0 Å². The molecule has 0 unspecified atom stereocenters. The molecular weight excluding hydrogens is 227 g/mol. The Bertz CT molecular complexity index is 526. The Labute approximate surface area is 84.7 Å². The van der Waals surface area contributed by atoms with E-state index in [1.807, 2.05) is 0 Å². The van der Waals surface area contributed by atoms with Crippen LogP contribution < -0.4 is 5.14 Å². The summed E-state index contributed by atoms with van der Waals surface area (Å²) in [7, 11) is -4.16. The minimum absolute atomic E-state index is 0.233. The summed E-state index contributed by atoms with van der Waals surface area (Å²) in [5, 5.41) is 15.1. The van der Waals surface area contributed by atoms with E-state index in [0.29, 0.717) is 6.07 Å². The Hall–Kier alpha value is -1.54. The molecular formula is C7H7FN2O4S. The fraction of sp³-hybridized carbons (Fsp3) is 0.143. The zero-order chi connectivity index (χ0) is 11.8. The number of rotatable bonds is 2. The summed E-state index contributed by atoms with van der Waals surface area (Å²) in [6.07, 6.45) is 0. The summed E-state index contributed by atoms with van der Waals surface area (Å²) in [6.45, 7) is 1.18. The van der Waals surface area contributed by atoms with Gasteiger partial charge in [-0.1, -0.05) is 0 Å². The number of halogens is 1. The first kappa shape index (κ1) is 11.5. The van der Waals surface area contributed by atoms with Crippen LogP contribution >= 0.6 is 0 Å². The molecule has 1 aromatic rings. The average molecular weight is 234 g/mol. The van der Waals surface area contributed by atoms with Gasteiger partial charge in [0.25, 0.3) is 5.69 Å². The number of benzene rings is 1. The van der Waals surface area contributed by atoms with Gasteiger partial charge in [0.15, 0.2) is 0 Å². The molecule has 8 heteroatoms. The molecule has 0 amide bonds. The van der Waals surface area contributed by atoms with E-state index in [9.17, 15) is 22.9 Å². The minimum Gasteiger partial charge on any atom is -0.258 e. The van der Waals surface area contributed by atoms with Gasteiger partial charge in [0.2, 0.25) is 10.0 Å². The van der Waals surface area contributed by atoms with Gasteiger partial charge in [-0.3, -0.25) is 10.1 Å². The van der Waals surface area contributed by atoms with Crippen molar-refractivity contribution >= 4 is 15.7 Å². The zero-order valence-electron chi connectivity index (χ0n) is 7.60. The maximum absolute atomic E-state index is 13.1. The van der Waals surface area contributed by atoms with Crippen LogP contribution in [0.3, 0.4) is 0 Å². The van der Waals surface area contributed by atoms with E-state index < -0.39 is 31.3 Å². The van der Waals surface area contributed by atoms with Crippen molar-refractivity contribution < 1.29 is 17.7 Å². The molecule has 0 aromatic heterocycles. The number of primary sulfonamides is 1. The highest BCUT2D eigenvalue weighted by Gasteiger charge is 2.20. The van der Waals surface area contributed by atoms with Crippen LogP contribution in [0.2, 0.25) is 0 Å². The first-order valence-corrected chi connectivity index (χ1v) is 5.25. The molecule has 0 aliphatic carbocycles. The van der Waals surface area contributed by atoms with E-state index in [-0.39, 0.29) is 5.56 Å². The van der Waals surface area contributed by atoms with Gasteiger partial charge in [-0.25, -0.2) is 17.9 Å². The van der Waals surface area contributed by atoms with Gasteiger partial charge in [-0.2, -0.15) is 0 Å². The van der Waals surface area contributed by atoms with Crippen LogP contribution in [0, 0.1) is 22.9 Å². The van der Waals surface area contributed by atoms with E-state index in [0.717, 1.165) is 6.07 Å².